The molecule has 4 heteroatoms. The normalized spacial score (nSPS) is 26.6. The van der Waals surface area contributed by atoms with Gasteiger partial charge in [0.05, 0.1) is 18.8 Å². The first-order chi connectivity index (χ1) is 7.61. The Morgan fingerprint density at radius 3 is 2.88 bits per heavy atom. The van der Waals surface area contributed by atoms with E-state index in [2.05, 4.69) is 24.1 Å². The van der Waals surface area contributed by atoms with E-state index < -0.39 is 0 Å². The van der Waals surface area contributed by atoms with E-state index in [1.54, 1.807) is 0 Å². The highest BCUT2D eigenvalue weighted by Crippen LogP contribution is 2.04. The predicted molar refractivity (Wildman–Crippen MR) is 65.6 cm³/mol. The summed E-state index contributed by atoms with van der Waals surface area (Å²) in [5.74, 6) is 0. The van der Waals surface area contributed by atoms with Crippen molar-refractivity contribution in [1.29, 1.82) is 0 Å². The molecule has 2 N–H and O–H groups in total. The van der Waals surface area contributed by atoms with Crippen molar-refractivity contribution in [2.24, 2.45) is 0 Å². The van der Waals surface area contributed by atoms with Crippen molar-refractivity contribution in [2.45, 2.75) is 45.4 Å². The standard InChI is InChI=1S/C12H26N2O2/c1-4-14-5-6-16-12(9-14)8-13-10(2)7-11(3)15/h10-13,15H,4-9H2,1-3H3. The van der Waals surface area contributed by atoms with Gasteiger partial charge in [-0.1, -0.05) is 6.92 Å². The summed E-state index contributed by atoms with van der Waals surface area (Å²) in [5, 5.41) is 12.7. The Kier molecular flexibility index (Phi) is 6.28. The molecule has 0 radical (unpaired) electrons. The summed E-state index contributed by atoms with van der Waals surface area (Å²) in [7, 11) is 0. The molecule has 0 aromatic carbocycles. The van der Waals surface area contributed by atoms with Gasteiger partial charge in [-0.25, -0.2) is 0 Å². The van der Waals surface area contributed by atoms with Gasteiger partial charge in [-0.2, -0.15) is 0 Å². The second-order valence-electron chi connectivity index (χ2n) is 4.78. The lowest BCUT2D eigenvalue weighted by atomic mass is 10.1. The maximum atomic E-state index is 9.26. The third-order valence-corrected chi connectivity index (χ3v) is 3.06. The lowest BCUT2D eigenvalue weighted by Crippen LogP contribution is -2.47. The third kappa shape index (κ3) is 5.25. The highest BCUT2D eigenvalue weighted by atomic mass is 16.5. The van der Waals surface area contributed by atoms with Gasteiger partial charge in [-0.05, 0) is 26.8 Å². The molecule has 0 saturated carbocycles. The van der Waals surface area contributed by atoms with E-state index in [0.717, 1.165) is 39.2 Å². The number of ether oxygens (including phenoxy) is 1. The zero-order chi connectivity index (χ0) is 12.0. The van der Waals surface area contributed by atoms with Gasteiger partial charge in [0.1, 0.15) is 0 Å². The number of aliphatic hydroxyl groups is 1. The van der Waals surface area contributed by atoms with Crippen molar-refractivity contribution in [3.63, 3.8) is 0 Å². The van der Waals surface area contributed by atoms with Gasteiger partial charge in [0.2, 0.25) is 0 Å². The summed E-state index contributed by atoms with van der Waals surface area (Å²) in [4.78, 5) is 2.41. The molecule has 1 rings (SSSR count). The Labute approximate surface area is 99.0 Å². The summed E-state index contributed by atoms with van der Waals surface area (Å²) in [6.07, 6.45) is 0.858. The van der Waals surface area contributed by atoms with Gasteiger partial charge in [0.15, 0.2) is 0 Å². The summed E-state index contributed by atoms with van der Waals surface area (Å²) < 4.78 is 5.70. The maximum Gasteiger partial charge on any atom is 0.0826 e. The van der Waals surface area contributed by atoms with Crippen LogP contribution in [0.15, 0.2) is 0 Å². The van der Waals surface area contributed by atoms with E-state index in [1.807, 2.05) is 6.92 Å². The van der Waals surface area contributed by atoms with Crippen LogP contribution in [0.3, 0.4) is 0 Å². The molecule has 1 fully saturated rings. The topological polar surface area (TPSA) is 44.7 Å². The van der Waals surface area contributed by atoms with E-state index in [4.69, 9.17) is 4.74 Å². The molecule has 1 aliphatic heterocycles. The Morgan fingerprint density at radius 1 is 1.50 bits per heavy atom. The summed E-state index contributed by atoms with van der Waals surface area (Å²) >= 11 is 0. The first-order valence-corrected chi connectivity index (χ1v) is 6.37. The van der Waals surface area contributed by atoms with Crippen LogP contribution < -0.4 is 5.32 Å². The molecule has 0 spiro atoms. The fourth-order valence-corrected chi connectivity index (χ4v) is 2.12. The predicted octanol–water partition coefficient (Wildman–Crippen LogP) is 0.456. The van der Waals surface area contributed by atoms with Crippen molar-refractivity contribution in [1.82, 2.24) is 10.2 Å². The van der Waals surface area contributed by atoms with Crippen molar-refractivity contribution in [2.75, 3.05) is 32.8 Å². The van der Waals surface area contributed by atoms with Crippen LogP contribution in [-0.2, 0) is 4.74 Å². The van der Waals surface area contributed by atoms with Crippen LogP contribution in [0.5, 0.6) is 0 Å². The number of nitrogens with zero attached hydrogens (tertiary/aromatic N) is 1. The Morgan fingerprint density at radius 2 is 2.25 bits per heavy atom. The summed E-state index contributed by atoms with van der Waals surface area (Å²) in [5.41, 5.74) is 0. The number of likely N-dealkylation sites (N-methyl/N-ethyl adjacent to an activating group) is 1. The average molecular weight is 230 g/mol. The molecule has 0 bridgehead atoms. The molecule has 3 atom stereocenters. The Balaban J connectivity index is 2.16. The van der Waals surface area contributed by atoms with Crippen LogP contribution in [0.4, 0.5) is 0 Å². The molecule has 0 aromatic rings. The molecule has 1 heterocycles. The van der Waals surface area contributed by atoms with Crippen molar-refractivity contribution >= 4 is 0 Å². The van der Waals surface area contributed by atoms with Crippen LogP contribution in [0.25, 0.3) is 0 Å². The van der Waals surface area contributed by atoms with Crippen LogP contribution in [0, 0.1) is 0 Å². The quantitative estimate of drug-likeness (QED) is 0.696. The van der Waals surface area contributed by atoms with E-state index >= 15 is 0 Å². The van der Waals surface area contributed by atoms with Crippen molar-refractivity contribution < 1.29 is 9.84 Å². The Hall–Kier alpha value is -0.160. The number of hydrogen-bond acceptors (Lipinski definition) is 4. The van der Waals surface area contributed by atoms with Gasteiger partial charge < -0.3 is 15.2 Å². The van der Waals surface area contributed by atoms with Gasteiger partial charge in [0, 0.05) is 25.7 Å². The number of hydrogen-bond donors (Lipinski definition) is 2. The van der Waals surface area contributed by atoms with E-state index in [0.29, 0.717) is 12.1 Å². The Bertz CT molecular complexity index is 188. The smallest absolute Gasteiger partial charge is 0.0826 e. The monoisotopic (exact) mass is 230 g/mol. The molecule has 1 saturated heterocycles. The zero-order valence-corrected chi connectivity index (χ0v) is 10.8. The number of rotatable bonds is 6. The van der Waals surface area contributed by atoms with Crippen LogP contribution in [0.2, 0.25) is 0 Å². The second kappa shape index (κ2) is 7.22. The zero-order valence-electron chi connectivity index (χ0n) is 10.8. The minimum Gasteiger partial charge on any atom is -0.393 e. The summed E-state index contributed by atoms with van der Waals surface area (Å²) in [6.45, 7) is 11.0. The maximum absolute atomic E-state index is 9.26. The van der Waals surface area contributed by atoms with E-state index in [9.17, 15) is 5.11 Å². The fraction of sp³-hybridized carbons (Fsp3) is 1.00. The first kappa shape index (κ1) is 13.9. The number of aliphatic hydroxyl groups excluding tert-OH is 1. The molecule has 0 amide bonds. The van der Waals surface area contributed by atoms with Gasteiger partial charge >= 0.3 is 0 Å². The molecule has 0 aromatic heterocycles. The molecule has 96 valence electrons. The molecular formula is C12H26N2O2. The fourth-order valence-electron chi connectivity index (χ4n) is 2.12. The van der Waals surface area contributed by atoms with Crippen molar-refractivity contribution in [3.05, 3.63) is 0 Å². The molecule has 4 nitrogen and oxygen atoms in total. The lowest BCUT2D eigenvalue weighted by molar-refractivity contribution is -0.0266. The minimum absolute atomic E-state index is 0.234. The SMILES string of the molecule is CCN1CCOC(CNC(C)CC(C)O)C1. The van der Waals surface area contributed by atoms with Gasteiger partial charge in [-0.3, -0.25) is 4.90 Å². The van der Waals surface area contributed by atoms with Crippen LogP contribution in [0.1, 0.15) is 27.2 Å². The number of nitrogens with one attached hydrogen (secondary N) is 1. The largest absolute Gasteiger partial charge is 0.393 e. The van der Waals surface area contributed by atoms with Crippen LogP contribution in [-0.4, -0.2) is 61.0 Å². The van der Waals surface area contributed by atoms with Crippen molar-refractivity contribution in [3.8, 4) is 0 Å². The minimum atomic E-state index is -0.234. The first-order valence-electron chi connectivity index (χ1n) is 6.37. The molecule has 16 heavy (non-hydrogen) atoms. The van der Waals surface area contributed by atoms with E-state index in [1.165, 1.54) is 0 Å². The third-order valence-electron chi connectivity index (χ3n) is 3.06. The molecule has 0 aliphatic carbocycles. The highest BCUT2D eigenvalue weighted by molar-refractivity contribution is 4.74. The van der Waals surface area contributed by atoms with Crippen LogP contribution >= 0.6 is 0 Å². The second-order valence-corrected chi connectivity index (χ2v) is 4.78. The number of morpholine rings is 1. The summed E-state index contributed by atoms with van der Waals surface area (Å²) in [6, 6.07) is 0.348. The lowest BCUT2D eigenvalue weighted by Gasteiger charge is -2.32. The molecular weight excluding hydrogens is 204 g/mol. The average Bonchev–Trinajstić information content (AvgIpc) is 2.26. The van der Waals surface area contributed by atoms with E-state index in [-0.39, 0.29) is 6.10 Å². The molecule has 3 unspecified atom stereocenters. The van der Waals surface area contributed by atoms with Gasteiger partial charge in [-0.15, -0.1) is 0 Å². The molecule has 1 aliphatic rings. The highest BCUT2D eigenvalue weighted by Gasteiger charge is 2.19. The van der Waals surface area contributed by atoms with Gasteiger partial charge in [0.25, 0.3) is 0 Å².